The maximum Gasteiger partial charge on any atom is 0.237 e. The fraction of sp³-hybridized carbons (Fsp3) is 0.529. The number of amides is 2. The molecule has 0 N–H and O–H groups in total. The van der Waals surface area contributed by atoms with Crippen LogP contribution in [0.1, 0.15) is 37.3 Å². The first-order chi connectivity index (χ1) is 9.93. The molecular weight excluding hydrogens is 330 g/mol. The SMILES string of the molecule is CCC1CC2C(=O)N(c3c(C)cc(C)cc3Br)C(=O)C2C1. The topological polar surface area (TPSA) is 37.4 Å². The van der Waals surface area contributed by atoms with Crippen molar-refractivity contribution >= 4 is 33.4 Å². The second kappa shape index (κ2) is 5.24. The molecule has 3 nitrogen and oxygen atoms in total. The van der Waals surface area contributed by atoms with E-state index in [1.54, 1.807) is 0 Å². The molecule has 1 aromatic rings. The quantitative estimate of drug-likeness (QED) is 0.757. The number of benzene rings is 1. The molecule has 21 heavy (non-hydrogen) atoms. The van der Waals surface area contributed by atoms with Crippen molar-refractivity contribution in [1.82, 2.24) is 0 Å². The molecule has 1 heterocycles. The summed E-state index contributed by atoms with van der Waals surface area (Å²) < 4.78 is 0.828. The van der Waals surface area contributed by atoms with Gasteiger partial charge in [0.05, 0.1) is 17.5 Å². The normalized spacial score (nSPS) is 28.4. The molecule has 112 valence electrons. The van der Waals surface area contributed by atoms with Gasteiger partial charge >= 0.3 is 0 Å². The van der Waals surface area contributed by atoms with Gasteiger partial charge in [0.25, 0.3) is 0 Å². The van der Waals surface area contributed by atoms with E-state index in [0.29, 0.717) is 5.92 Å². The first-order valence-electron chi connectivity index (χ1n) is 7.58. The molecule has 1 saturated carbocycles. The summed E-state index contributed by atoms with van der Waals surface area (Å²) in [7, 11) is 0. The van der Waals surface area contributed by atoms with Crippen LogP contribution >= 0.6 is 15.9 Å². The van der Waals surface area contributed by atoms with Crippen LogP contribution in [0.25, 0.3) is 0 Å². The van der Waals surface area contributed by atoms with Crippen LogP contribution < -0.4 is 4.90 Å². The molecule has 1 aliphatic heterocycles. The number of anilines is 1. The minimum absolute atomic E-state index is 0.00592. The summed E-state index contributed by atoms with van der Waals surface area (Å²) in [4.78, 5) is 26.9. The largest absolute Gasteiger partial charge is 0.274 e. The van der Waals surface area contributed by atoms with Crippen molar-refractivity contribution in [2.24, 2.45) is 17.8 Å². The van der Waals surface area contributed by atoms with Crippen LogP contribution in [0.3, 0.4) is 0 Å². The van der Waals surface area contributed by atoms with E-state index in [1.165, 1.54) is 4.90 Å². The van der Waals surface area contributed by atoms with E-state index in [4.69, 9.17) is 0 Å². The Morgan fingerprint density at radius 3 is 2.19 bits per heavy atom. The lowest BCUT2D eigenvalue weighted by Gasteiger charge is -2.21. The van der Waals surface area contributed by atoms with E-state index in [1.807, 2.05) is 26.0 Å². The van der Waals surface area contributed by atoms with E-state index >= 15 is 0 Å². The maximum absolute atomic E-state index is 12.7. The van der Waals surface area contributed by atoms with Gasteiger partial charge in [0, 0.05) is 4.47 Å². The Bertz CT molecular complexity index is 578. The van der Waals surface area contributed by atoms with Gasteiger partial charge < -0.3 is 0 Å². The molecule has 2 atom stereocenters. The van der Waals surface area contributed by atoms with E-state index in [0.717, 1.165) is 40.5 Å². The minimum Gasteiger partial charge on any atom is -0.274 e. The Hall–Kier alpha value is -1.16. The summed E-state index contributed by atoms with van der Waals surface area (Å²) in [5, 5.41) is 0. The molecule has 0 radical (unpaired) electrons. The Morgan fingerprint density at radius 2 is 1.71 bits per heavy atom. The molecule has 2 amide bonds. The lowest BCUT2D eigenvalue weighted by Crippen LogP contribution is -2.33. The molecular formula is C17H20BrNO2. The van der Waals surface area contributed by atoms with Crippen LogP contribution in [0.4, 0.5) is 5.69 Å². The smallest absolute Gasteiger partial charge is 0.237 e. The Kier molecular flexibility index (Phi) is 3.68. The number of hydrogen-bond donors (Lipinski definition) is 0. The molecule has 4 heteroatoms. The number of carbonyl (C=O) groups is 2. The molecule has 1 saturated heterocycles. The highest BCUT2D eigenvalue weighted by Crippen LogP contribution is 2.47. The van der Waals surface area contributed by atoms with Gasteiger partial charge in [0.15, 0.2) is 0 Å². The maximum atomic E-state index is 12.7. The zero-order valence-corrected chi connectivity index (χ0v) is 14.2. The number of halogens is 1. The third-order valence-corrected chi connectivity index (χ3v) is 5.54. The van der Waals surface area contributed by atoms with Crippen molar-refractivity contribution < 1.29 is 9.59 Å². The van der Waals surface area contributed by atoms with E-state index in [-0.39, 0.29) is 23.7 Å². The summed E-state index contributed by atoms with van der Waals surface area (Å²) in [6.45, 7) is 6.10. The van der Waals surface area contributed by atoms with Crippen molar-refractivity contribution in [2.75, 3.05) is 4.90 Å². The Balaban J connectivity index is 1.99. The zero-order valence-electron chi connectivity index (χ0n) is 12.6. The molecule has 1 aliphatic carbocycles. The average Bonchev–Trinajstić information content (AvgIpc) is 2.93. The van der Waals surface area contributed by atoms with Crippen molar-refractivity contribution in [3.05, 3.63) is 27.7 Å². The summed E-state index contributed by atoms with van der Waals surface area (Å²) in [5.41, 5.74) is 2.82. The van der Waals surface area contributed by atoms with Gasteiger partial charge in [-0.25, -0.2) is 4.90 Å². The van der Waals surface area contributed by atoms with Crippen LogP contribution in [0, 0.1) is 31.6 Å². The van der Waals surface area contributed by atoms with Gasteiger partial charge in [-0.2, -0.15) is 0 Å². The van der Waals surface area contributed by atoms with Gasteiger partial charge in [-0.05, 0) is 65.7 Å². The highest BCUT2D eigenvalue weighted by Gasteiger charge is 2.53. The fourth-order valence-corrected chi connectivity index (χ4v) is 4.73. The predicted octanol–water partition coefficient (Wildman–Crippen LogP) is 3.99. The molecule has 0 aromatic heterocycles. The number of hydrogen-bond acceptors (Lipinski definition) is 2. The summed E-state index contributed by atoms with van der Waals surface area (Å²) in [5.74, 6) is 0.310. The Morgan fingerprint density at radius 1 is 1.14 bits per heavy atom. The number of fused-ring (bicyclic) bond motifs is 1. The first-order valence-corrected chi connectivity index (χ1v) is 8.37. The fourth-order valence-electron chi connectivity index (χ4n) is 3.87. The van der Waals surface area contributed by atoms with E-state index < -0.39 is 0 Å². The minimum atomic E-state index is -0.102. The van der Waals surface area contributed by atoms with E-state index in [2.05, 4.69) is 22.9 Å². The first kappa shape index (κ1) is 14.8. The van der Waals surface area contributed by atoms with Crippen molar-refractivity contribution in [3.63, 3.8) is 0 Å². The molecule has 2 aliphatic rings. The van der Waals surface area contributed by atoms with Gasteiger partial charge in [0.1, 0.15) is 0 Å². The lowest BCUT2D eigenvalue weighted by atomic mass is 10.00. The molecule has 0 bridgehead atoms. The molecule has 0 spiro atoms. The highest BCUT2D eigenvalue weighted by molar-refractivity contribution is 9.10. The van der Waals surface area contributed by atoms with Gasteiger partial charge in [-0.3, -0.25) is 9.59 Å². The zero-order chi connectivity index (χ0) is 15.3. The number of imide groups is 1. The number of rotatable bonds is 2. The third kappa shape index (κ3) is 2.24. The molecule has 2 unspecified atom stereocenters. The van der Waals surface area contributed by atoms with Gasteiger partial charge in [-0.15, -0.1) is 0 Å². The van der Waals surface area contributed by atoms with E-state index in [9.17, 15) is 9.59 Å². The number of carbonyl (C=O) groups excluding carboxylic acids is 2. The summed E-state index contributed by atoms with van der Waals surface area (Å²) >= 11 is 3.52. The third-order valence-electron chi connectivity index (χ3n) is 4.93. The number of nitrogens with zero attached hydrogens (tertiary/aromatic N) is 1. The highest BCUT2D eigenvalue weighted by atomic mass is 79.9. The molecule has 1 aromatic carbocycles. The molecule has 3 rings (SSSR count). The van der Waals surface area contributed by atoms with Crippen molar-refractivity contribution in [2.45, 2.75) is 40.0 Å². The van der Waals surface area contributed by atoms with Gasteiger partial charge in [-0.1, -0.05) is 19.4 Å². The molecule has 2 fully saturated rings. The van der Waals surface area contributed by atoms with Crippen LogP contribution in [0.15, 0.2) is 16.6 Å². The van der Waals surface area contributed by atoms with Gasteiger partial charge in [0.2, 0.25) is 11.8 Å². The van der Waals surface area contributed by atoms with Crippen molar-refractivity contribution in [3.8, 4) is 0 Å². The van der Waals surface area contributed by atoms with Crippen molar-refractivity contribution in [1.29, 1.82) is 0 Å². The van der Waals surface area contributed by atoms with Crippen LogP contribution in [0.2, 0.25) is 0 Å². The second-order valence-corrected chi connectivity index (χ2v) is 7.24. The summed E-state index contributed by atoms with van der Waals surface area (Å²) in [6.07, 6.45) is 2.79. The van der Waals surface area contributed by atoms with Crippen LogP contribution in [-0.4, -0.2) is 11.8 Å². The lowest BCUT2D eigenvalue weighted by molar-refractivity contribution is -0.123. The van der Waals surface area contributed by atoms with Crippen LogP contribution in [-0.2, 0) is 9.59 Å². The predicted molar refractivity (Wildman–Crippen MR) is 86.1 cm³/mol. The monoisotopic (exact) mass is 349 g/mol. The summed E-state index contributed by atoms with van der Waals surface area (Å²) in [6, 6.07) is 3.98. The Labute approximate surface area is 133 Å². The standard InChI is InChI=1S/C17H20BrNO2/c1-4-11-7-12-13(8-11)17(21)19(16(12)20)15-10(3)5-9(2)6-14(15)18/h5-6,11-13H,4,7-8H2,1-3H3. The average molecular weight is 350 g/mol. The number of aryl methyl sites for hydroxylation is 2. The van der Waals surface area contributed by atoms with Crippen LogP contribution in [0.5, 0.6) is 0 Å². The second-order valence-electron chi connectivity index (χ2n) is 6.38.